The van der Waals surface area contributed by atoms with Crippen LogP contribution >= 0.6 is 32.4 Å². The fourth-order valence-corrected chi connectivity index (χ4v) is 2.55. The predicted molar refractivity (Wildman–Crippen MR) is 45.5 cm³/mol. The zero-order valence-electron chi connectivity index (χ0n) is 4.85. The highest BCUT2D eigenvalue weighted by Crippen LogP contribution is 2.22. The Labute approximate surface area is 69.5 Å². The van der Waals surface area contributed by atoms with Crippen LogP contribution in [-0.4, -0.2) is 8.75 Å². The fourth-order valence-electron chi connectivity index (χ4n) is 0.616. The minimum atomic E-state index is 0.866. The molecule has 10 heavy (non-hydrogen) atoms. The second kappa shape index (κ2) is 2.69. The summed E-state index contributed by atoms with van der Waals surface area (Å²) in [5, 5.41) is 2.03. The average Bonchev–Trinajstić information content (AvgIpc) is 2.59. The summed E-state index contributed by atoms with van der Waals surface area (Å²) in [5.74, 6) is 0.866. The van der Waals surface area contributed by atoms with Crippen LogP contribution in [0.4, 0.5) is 0 Å². The lowest BCUT2D eigenvalue weighted by Gasteiger charge is -1.76. The predicted octanol–water partition coefficient (Wildman–Crippen LogP) is 2.61. The molecule has 0 fully saturated rings. The average molecular weight is 187 g/mol. The SMILES string of the molecule is c1csc(-c2ns[s+]n2)c1. The van der Waals surface area contributed by atoms with Crippen LogP contribution in [0, 0.1) is 0 Å². The molecule has 0 saturated carbocycles. The smallest absolute Gasteiger partial charge is 0.140 e. The lowest BCUT2D eigenvalue weighted by molar-refractivity contribution is 1.42. The van der Waals surface area contributed by atoms with Gasteiger partial charge in [0, 0.05) is 0 Å². The summed E-state index contributed by atoms with van der Waals surface area (Å²) in [4.78, 5) is 1.15. The molecule has 50 valence electrons. The third-order valence-electron chi connectivity index (χ3n) is 1.02. The van der Waals surface area contributed by atoms with E-state index in [1.54, 1.807) is 11.3 Å². The Hall–Kier alpha value is -0.390. The van der Waals surface area contributed by atoms with Gasteiger partial charge in [-0.05, 0) is 11.4 Å². The molecule has 2 nitrogen and oxygen atoms in total. The van der Waals surface area contributed by atoms with Crippen molar-refractivity contribution in [3.63, 3.8) is 0 Å². The van der Waals surface area contributed by atoms with Gasteiger partial charge in [-0.2, -0.15) is 0 Å². The Bertz CT molecular complexity index is 254. The molecule has 0 aliphatic carbocycles. The van der Waals surface area contributed by atoms with E-state index >= 15 is 0 Å². The van der Waals surface area contributed by atoms with Crippen LogP contribution in [0.3, 0.4) is 0 Å². The van der Waals surface area contributed by atoms with Gasteiger partial charge < -0.3 is 0 Å². The van der Waals surface area contributed by atoms with Crippen LogP contribution in [0.5, 0.6) is 0 Å². The van der Waals surface area contributed by atoms with Crippen molar-refractivity contribution in [3.8, 4) is 10.7 Å². The van der Waals surface area contributed by atoms with E-state index in [0.29, 0.717) is 0 Å². The van der Waals surface area contributed by atoms with Gasteiger partial charge in [-0.15, -0.1) is 15.7 Å². The standard InChI is InChI=1S/C5H3N2S3/c1-2-4(8-3-1)5-6-9-10-7-5/h1-3H/q+1. The zero-order valence-corrected chi connectivity index (χ0v) is 7.30. The van der Waals surface area contributed by atoms with Crippen LogP contribution < -0.4 is 0 Å². The van der Waals surface area contributed by atoms with Crippen molar-refractivity contribution >= 4 is 32.4 Å². The van der Waals surface area contributed by atoms with Gasteiger partial charge in [-0.1, -0.05) is 6.07 Å². The van der Waals surface area contributed by atoms with Crippen LogP contribution in [0.2, 0.25) is 0 Å². The Morgan fingerprint density at radius 3 is 3.10 bits per heavy atom. The Morgan fingerprint density at radius 2 is 2.50 bits per heavy atom. The number of hydrogen-bond acceptors (Lipinski definition) is 4. The van der Waals surface area contributed by atoms with E-state index in [2.05, 4.69) is 8.75 Å². The number of aromatic nitrogens is 2. The van der Waals surface area contributed by atoms with Crippen LogP contribution in [0.1, 0.15) is 0 Å². The van der Waals surface area contributed by atoms with E-state index in [-0.39, 0.29) is 0 Å². The maximum atomic E-state index is 4.12. The summed E-state index contributed by atoms with van der Waals surface area (Å²) < 4.78 is 8.24. The molecule has 0 atom stereocenters. The van der Waals surface area contributed by atoms with E-state index in [0.717, 1.165) is 10.7 Å². The van der Waals surface area contributed by atoms with Crippen molar-refractivity contribution in [3.05, 3.63) is 17.5 Å². The molecule has 0 aromatic carbocycles. The first-order chi connectivity index (χ1) is 4.97. The lowest BCUT2D eigenvalue weighted by atomic mass is 10.5. The van der Waals surface area contributed by atoms with E-state index in [4.69, 9.17) is 0 Å². The molecule has 0 saturated heterocycles. The van der Waals surface area contributed by atoms with E-state index in [9.17, 15) is 0 Å². The Morgan fingerprint density at radius 1 is 1.50 bits per heavy atom. The van der Waals surface area contributed by atoms with E-state index in [1.807, 2.05) is 17.5 Å². The van der Waals surface area contributed by atoms with Crippen molar-refractivity contribution in [1.82, 2.24) is 8.75 Å². The van der Waals surface area contributed by atoms with Gasteiger partial charge in [0.05, 0.1) is 9.25 Å². The third-order valence-corrected chi connectivity index (χ3v) is 3.10. The first-order valence-electron chi connectivity index (χ1n) is 2.62. The molecule has 0 bridgehead atoms. The molecule has 0 aliphatic heterocycles. The highest BCUT2D eigenvalue weighted by molar-refractivity contribution is 7.64. The summed E-state index contributed by atoms with van der Waals surface area (Å²) in [6, 6.07) is 4.03. The van der Waals surface area contributed by atoms with Crippen LogP contribution in [0.25, 0.3) is 10.7 Å². The van der Waals surface area contributed by atoms with Gasteiger partial charge in [0.25, 0.3) is 0 Å². The lowest BCUT2D eigenvalue weighted by Crippen LogP contribution is -1.69. The van der Waals surface area contributed by atoms with E-state index < -0.39 is 0 Å². The maximum Gasteiger partial charge on any atom is 0.462 e. The summed E-state index contributed by atoms with van der Waals surface area (Å²) >= 11 is 1.67. The first-order valence-corrected chi connectivity index (χ1v) is 5.57. The van der Waals surface area contributed by atoms with Crippen molar-refractivity contribution in [1.29, 1.82) is 0 Å². The monoisotopic (exact) mass is 187 g/mol. The second-order valence-corrected chi connectivity index (χ2v) is 4.14. The van der Waals surface area contributed by atoms with Crippen molar-refractivity contribution in [2.75, 3.05) is 0 Å². The van der Waals surface area contributed by atoms with Gasteiger partial charge in [-0.3, -0.25) is 0 Å². The minimum Gasteiger partial charge on any atom is -0.140 e. The number of rotatable bonds is 1. The number of hydrogen-bond donors (Lipinski definition) is 0. The molecular formula is C5H3N2S3+. The second-order valence-electron chi connectivity index (χ2n) is 1.63. The van der Waals surface area contributed by atoms with E-state index in [1.165, 1.54) is 21.1 Å². The fraction of sp³-hybridized carbons (Fsp3) is 0. The van der Waals surface area contributed by atoms with Crippen molar-refractivity contribution in [2.24, 2.45) is 0 Å². The normalized spacial score (nSPS) is 10.0. The molecule has 2 rings (SSSR count). The molecule has 2 heterocycles. The summed E-state index contributed by atoms with van der Waals surface area (Å²) in [7, 11) is 2.85. The summed E-state index contributed by atoms with van der Waals surface area (Å²) in [5.41, 5.74) is 0. The molecular weight excluding hydrogens is 184 g/mol. The van der Waals surface area contributed by atoms with Crippen LogP contribution in [0.15, 0.2) is 17.5 Å². The van der Waals surface area contributed by atoms with Crippen LogP contribution in [-0.2, 0) is 0 Å². The molecule has 0 unspecified atom stereocenters. The Balaban J connectivity index is 2.48. The van der Waals surface area contributed by atoms with Gasteiger partial charge >= 0.3 is 21.1 Å². The van der Waals surface area contributed by atoms with Crippen molar-refractivity contribution < 1.29 is 0 Å². The number of thiophene rings is 1. The quantitative estimate of drug-likeness (QED) is 0.506. The largest absolute Gasteiger partial charge is 0.462 e. The zero-order chi connectivity index (χ0) is 6.81. The molecule has 5 heteroatoms. The van der Waals surface area contributed by atoms with Crippen molar-refractivity contribution in [2.45, 2.75) is 0 Å². The molecule has 0 radical (unpaired) electrons. The molecule has 2 aromatic heterocycles. The minimum absolute atomic E-state index is 0.866. The molecule has 0 N–H and O–H groups in total. The molecule has 0 aliphatic rings. The van der Waals surface area contributed by atoms with Gasteiger partial charge in [0.15, 0.2) is 0 Å². The molecule has 0 amide bonds. The summed E-state index contributed by atoms with van der Waals surface area (Å²) in [6.07, 6.45) is 0. The number of nitrogens with zero attached hydrogens (tertiary/aromatic N) is 2. The maximum absolute atomic E-state index is 4.12. The van der Waals surface area contributed by atoms with Gasteiger partial charge in [-0.25, -0.2) is 0 Å². The first kappa shape index (κ1) is 6.33. The topological polar surface area (TPSA) is 25.8 Å². The highest BCUT2D eigenvalue weighted by Gasteiger charge is 2.09. The molecule has 2 aromatic rings. The Kier molecular flexibility index (Phi) is 1.70. The summed E-state index contributed by atoms with van der Waals surface area (Å²) in [6.45, 7) is 0. The van der Waals surface area contributed by atoms with Gasteiger partial charge in [0.2, 0.25) is 5.82 Å². The van der Waals surface area contributed by atoms with Gasteiger partial charge in [0.1, 0.15) is 0 Å². The highest BCUT2D eigenvalue weighted by atomic mass is 32.9. The third kappa shape index (κ3) is 1.07. The molecule has 0 spiro atoms.